The van der Waals surface area contributed by atoms with Gasteiger partial charge in [-0.15, -0.1) is 0 Å². The average molecular weight is 224 g/mol. The second-order valence-corrected chi connectivity index (χ2v) is 3.68. The Balaban J connectivity index is 2.08. The highest BCUT2D eigenvalue weighted by molar-refractivity contribution is 5.57. The molecule has 0 spiro atoms. The Bertz CT molecular complexity index is 541. The van der Waals surface area contributed by atoms with E-state index in [0.717, 1.165) is 11.3 Å². The molecule has 84 valence electrons. The van der Waals surface area contributed by atoms with Crippen molar-refractivity contribution < 1.29 is 5.11 Å². The Kier molecular flexibility index (Phi) is 3.27. The molecule has 0 saturated heterocycles. The zero-order chi connectivity index (χ0) is 12.1. The largest absolute Gasteiger partial charge is 0.508 e. The molecule has 0 aliphatic carbocycles. The molecule has 2 aromatic carbocycles. The van der Waals surface area contributed by atoms with E-state index in [0.29, 0.717) is 12.1 Å². The molecule has 0 radical (unpaired) electrons. The monoisotopic (exact) mass is 224 g/mol. The fourth-order valence-corrected chi connectivity index (χ4v) is 1.55. The minimum Gasteiger partial charge on any atom is -0.508 e. The number of phenols is 1. The standard InChI is InChI=1S/C14H12N2O/c15-9-12-3-1-2-4-14(12)16-10-11-5-7-13(17)8-6-11/h1-8,16-17H,10H2. The third-order valence-corrected chi connectivity index (χ3v) is 2.47. The van der Waals surface area contributed by atoms with E-state index in [1.54, 1.807) is 18.2 Å². The molecule has 0 unspecified atom stereocenters. The smallest absolute Gasteiger partial charge is 0.115 e. The maximum atomic E-state index is 9.16. The molecule has 0 fully saturated rings. The van der Waals surface area contributed by atoms with Crippen molar-refractivity contribution in [3.63, 3.8) is 0 Å². The van der Waals surface area contributed by atoms with Gasteiger partial charge in [-0.1, -0.05) is 24.3 Å². The molecule has 0 atom stereocenters. The molecule has 2 N–H and O–H groups in total. The molecule has 0 amide bonds. The summed E-state index contributed by atoms with van der Waals surface area (Å²) in [6, 6.07) is 16.5. The Hall–Kier alpha value is -2.47. The number of hydrogen-bond donors (Lipinski definition) is 2. The number of anilines is 1. The van der Waals surface area contributed by atoms with Crippen LogP contribution >= 0.6 is 0 Å². The number of rotatable bonds is 3. The lowest BCUT2D eigenvalue weighted by molar-refractivity contribution is 0.475. The SMILES string of the molecule is N#Cc1ccccc1NCc1ccc(O)cc1. The van der Waals surface area contributed by atoms with E-state index in [9.17, 15) is 0 Å². The van der Waals surface area contributed by atoms with Crippen LogP contribution in [0.3, 0.4) is 0 Å². The number of phenolic OH excluding ortho intramolecular Hbond substituents is 1. The Morgan fingerprint density at radius 2 is 1.76 bits per heavy atom. The first-order valence-corrected chi connectivity index (χ1v) is 5.30. The molecule has 2 aromatic rings. The summed E-state index contributed by atoms with van der Waals surface area (Å²) in [4.78, 5) is 0. The van der Waals surface area contributed by atoms with Crippen LogP contribution in [-0.4, -0.2) is 5.11 Å². The first-order chi connectivity index (χ1) is 8.29. The van der Waals surface area contributed by atoms with Crippen LogP contribution in [0.2, 0.25) is 0 Å². The van der Waals surface area contributed by atoms with Crippen LogP contribution in [-0.2, 0) is 6.54 Å². The van der Waals surface area contributed by atoms with Gasteiger partial charge in [0, 0.05) is 6.54 Å². The number of benzene rings is 2. The van der Waals surface area contributed by atoms with Gasteiger partial charge in [0.1, 0.15) is 11.8 Å². The molecule has 17 heavy (non-hydrogen) atoms. The van der Waals surface area contributed by atoms with Crippen molar-refractivity contribution in [2.24, 2.45) is 0 Å². The molecule has 0 aliphatic rings. The highest BCUT2D eigenvalue weighted by Crippen LogP contribution is 2.16. The summed E-state index contributed by atoms with van der Waals surface area (Å²) < 4.78 is 0. The van der Waals surface area contributed by atoms with Gasteiger partial charge in [0.15, 0.2) is 0 Å². The second-order valence-electron chi connectivity index (χ2n) is 3.68. The summed E-state index contributed by atoms with van der Waals surface area (Å²) in [6.07, 6.45) is 0. The van der Waals surface area contributed by atoms with E-state index >= 15 is 0 Å². The van der Waals surface area contributed by atoms with Gasteiger partial charge >= 0.3 is 0 Å². The number of para-hydroxylation sites is 1. The summed E-state index contributed by atoms with van der Waals surface area (Å²) >= 11 is 0. The Morgan fingerprint density at radius 1 is 1.06 bits per heavy atom. The second kappa shape index (κ2) is 5.04. The van der Waals surface area contributed by atoms with Crippen molar-refractivity contribution in [3.8, 4) is 11.8 Å². The number of hydrogen-bond acceptors (Lipinski definition) is 3. The number of nitriles is 1. The van der Waals surface area contributed by atoms with E-state index < -0.39 is 0 Å². The van der Waals surface area contributed by atoms with Crippen molar-refractivity contribution >= 4 is 5.69 Å². The van der Waals surface area contributed by atoms with Gasteiger partial charge in [-0.3, -0.25) is 0 Å². The third kappa shape index (κ3) is 2.76. The summed E-state index contributed by atoms with van der Waals surface area (Å²) in [7, 11) is 0. The van der Waals surface area contributed by atoms with Crippen LogP contribution in [0.4, 0.5) is 5.69 Å². The molecule has 2 rings (SSSR count). The zero-order valence-corrected chi connectivity index (χ0v) is 9.22. The van der Waals surface area contributed by atoms with Crippen LogP contribution in [0.1, 0.15) is 11.1 Å². The molecule has 0 bridgehead atoms. The Morgan fingerprint density at radius 3 is 2.47 bits per heavy atom. The summed E-state index contributed by atoms with van der Waals surface area (Å²) in [5, 5.41) is 21.3. The number of aromatic hydroxyl groups is 1. The number of nitrogens with one attached hydrogen (secondary N) is 1. The molecule has 0 aromatic heterocycles. The van der Waals surface area contributed by atoms with Crippen molar-refractivity contribution in [2.45, 2.75) is 6.54 Å². The highest BCUT2D eigenvalue weighted by Gasteiger charge is 1.99. The van der Waals surface area contributed by atoms with Gasteiger partial charge in [0.25, 0.3) is 0 Å². The van der Waals surface area contributed by atoms with E-state index in [4.69, 9.17) is 10.4 Å². The average Bonchev–Trinajstić information content (AvgIpc) is 2.38. The minimum absolute atomic E-state index is 0.256. The van der Waals surface area contributed by atoms with E-state index in [-0.39, 0.29) is 5.75 Å². The number of nitrogens with zero attached hydrogens (tertiary/aromatic N) is 1. The zero-order valence-electron chi connectivity index (χ0n) is 9.22. The van der Waals surface area contributed by atoms with Crippen molar-refractivity contribution in [2.75, 3.05) is 5.32 Å². The molecular formula is C14H12N2O. The molecule has 3 nitrogen and oxygen atoms in total. The van der Waals surface area contributed by atoms with Crippen LogP contribution in [0, 0.1) is 11.3 Å². The highest BCUT2D eigenvalue weighted by atomic mass is 16.3. The van der Waals surface area contributed by atoms with Crippen molar-refractivity contribution in [3.05, 3.63) is 59.7 Å². The lowest BCUT2D eigenvalue weighted by Crippen LogP contribution is -2.00. The van der Waals surface area contributed by atoms with Crippen LogP contribution in [0.25, 0.3) is 0 Å². The molecule has 0 heterocycles. The van der Waals surface area contributed by atoms with Gasteiger partial charge in [-0.2, -0.15) is 5.26 Å². The van der Waals surface area contributed by atoms with E-state index in [1.165, 1.54) is 0 Å². The van der Waals surface area contributed by atoms with Gasteiger partial charge in [-0.25, -0.2) is 0 Å². The molecular weight excluding hydrogens is 212 g/mol. The normalized spacial score (nSPS) is 9.59. The molecule has 0 aliphatic heterocycles. The quantitative estimate of drug-likeness (QED) is 0.842. The first-order valence-electron chi connectivity index (χ1n) is 5.30. The van der Waals surface area contributed by atoms with Gasteiger partial charge in [-0.05, 0) is 29.8 Å². The first kappa shape index (κ1) is 11.0. The summed E-state index contributed by atoms with van der Waals surface area (Å²) in [6.45, 7) is 0.624. The van der Waals surface area contributed by atoms with E-state index in [2.05, 4.69) is 11.4 Å². The minimum atomic E-state index is 0.256. The third-order valence-electron chi connectivity index (χ3n) is 2.47. The van der Waals surface area contributed by atoms with Gasteiger partial charge in [0.2, 0.25) is 0 Å². The maximum absolute atomic E-state index is 9.16. The van der Waals surface area contributed by atoms with Crippen molar-refractivity contribution in [1.29, 1.82) is 5.26 Å². The Labute approximate surface area is 100.0 Å². The van der Waals surface area contributed by atoms with Crippen LogP contribution in [0.5, 0.6) is 5.75 Å². The predicted octanol–water partition coefficient (Wildman–Crippen LogP) is 2.88. The fourth-order valence-electron chi connectivity index (χ4n) is 1.55. The lowest BCUT2D eigenvalue weighted by atomic mass is 10.1. The molecule has 0 saturated carbocycles. The maximum Gasteiger partial charge on any atom is 0.115 e. The lowest BCUT2D eigenvalue weighted by Gasteiger charge is -2.07. The predicted molar refractivity (Wildman–Crippen MR) is 66.6 cm³/mol. The summed E-state index contributed by atoms with van der Waals surface area (Å²) in [5.41, 5.74) is 2.50. The fraction of sp³-hybridized carbons (Fsp3) is 0.0714. The van der Waals surface area contributed by atoms with Crippen LogP contribution in [0.15, 0.2) is 48.5 Å². The van der Waals surface area contributed by atoms with Gasteiger partial charge < -0.3 is 10.4 Å². The van der Waals surface area contributed by atoms with Crippen molar-refractivity contribution in [1.82, 2.24) is 0 Å². The van der Waals surface area contributed by atoms with Gasteiger partial charge in [0.05, 0.1) is 11.3 Å². The topological polar surface area (TPSA) is 56.0 Å². The van der Waals surface area contributed by atoms with E-state index in [1.807, 2.05) is 30.3 Å². The summed E-state index contributed by atoms with van der Waals surface area (Å²) in [5.74, 6) is 0.256. The van der Waals surface area contributed by atoms with Crippen LogP contribution < -0.4 is 5.32 Å². The molecule has 3 heteroatoms.